The highest BCUT2D eigenvalue weighted by atomic mass is 16.7. The summed E-state index contributed by atoms with van der Waals surface area (Å²) in [6, 6.07) is 7.79. The molecule has 1 aromatic carbocycles. The molecular formula is C10H12O3. The summed E-state index contributed by atoms with van der Waals surface area (Å²) in [5.74, 6) is 0.822. The lowest BCUT2D eigenvalue weighted by Crippen LogP contribution is -2.06. The van der Waals surface area contributed by atoms with Crippen LogP contribution in [0.5, 0.6) is 5.75 Å². The van der Waals surface area contributed by atoms with Gasteiger partial charge in [0.05, 0.1) is 0 Å². The van der Waals surface area contributed by atoms with Gasteiger partial charge in [-0.1, -0.05) is 12.1 Å². The summed E-state index contributed by atoms with van der Waals surface area (Å²) in [6.07, 6.45) is -0.759. The average molecular weight is 180 g/mol. The summed E-state index contributed by atoms with van der Waals surface area (Å²) in [5.41, 5.74) is 1.16. The first-order valence-electron chi connectivity index (χ1n) is 4.29. The molecule has 3 heteroatoms. The van der Waals surface area contributed by atoms with Crippen LogP contribution in [0, 0.1) is 6.92 Å². The molecule has 13 heavy (non-hydrogen) atoms. The highest BCUT2D eigenvalue weighted by Gasteiger charge is 2.37. The van der Waals surface area contributed by atoms with Crippen molar-refractivity contribution in [3.63, 3.8) is 0 Å². The molecule has 1 N–H and O–H groups in total. The van der Waals surface area contributed by atoms with Crippen LogP contribution in [0.3, 0.4) is 0 Å². The molecule has 0 spiro atoms. The number of aliphatic hydroxyl groups excluding tert-OH is 1. The number of ether oxygens (including phenoxy) is 2. The van der Waals surface area contributed by atoms with Crippen LogP contribution in [0.25, 0.3) is 0 Å². The number of benzene rings is 1. The Kier molecular flexibility index (Phi) is 2.20. The van der Waals surface area contributed by atoms with E-state index in [9.17, 15) is 0 Å². The van der Waals surface area contributed by atoms with Crippen LogP contribution < -0.4 is 4.74 Å². The second kappa shape index (κ2) is 3.36. The normalized spacial score (nSPS) is 25.7. The van der Waals surface area contributed by atoms with Crippen LogP contribution >= 0.6 is 0 Å². The van der Waals surface area contributed by atoms with Crippen molar-refractivity contribution >= 4 is 0 Å². The minimum absolute atomic E-state index is 0.138. The standard InChI is InChI=1S/C10H12O3/c1-7-3-2-4-8(5-7)12-6-9-10(11)13-9/h2-5,9-11H,6H2,1H3. The zero-order chi connectivity index (χ0) is 9.26. The smallest absolute Gasteiger partial charge is 0.185 e. The van der Waals surface area contributed by atoms with Crippen molar-refractivity contribution in [2.75, 3.05) is 6.61 Å². The van der Waals surface area contributed by atoms with E-state index in [2.05, 4.69) is 0 Å². The third-order valence-electron chi connectivity index (χ3n) is 1.96. The van der Waals surface area contributed by atoms with Crippen molar-refractivity contribution in [2.45, 2.75) is 19.3 Å². The summed E-state index contributed by atoms with van der Waals surface area (Å²) in [7, 11) is 0. The second-order valence-electron chi connectivity index (χ2n) is 3.19. The Morgan fingerprint density at radius 2 is 2.31 bits per heavy atom. The summed E-state index contributed by atoms with van der Waals surface area (Å²) in [5, 5.41) is 8.86. The molecule has 2 unspecified atom stereocenters. The average Bonchev–Trinajstić information content (AvgIpc) is 2.79. The van der Waals surface area contributed by atoms with Gasteiger partial charge in [-0.15, -0.1) is 0 Å². The molecule has 0 saturated carbocycles. The molecule has 0 bridgehead atoms. The first-order chi connectivity index (χ1) is 6.25. The number of aryl methyl sites for hydroxylation is 1. The van der Waals surface area contributed by atoms with Gasteiger partial charge in [0.15, 0.2) is 6.29 Å². The molecule has 1 aliphatic rings. The molecule has 1 fully saturated rings. The maximum Gasteiger partial charge on any atom is 0.185 e. The topological polar surface area (TPSA) is 42.0 Å². The molecule has 0 radical (unpaired) electrons. The summed E-state index contributed by atoms with van der Waals surface area (Å²) >= 11 is 0. The molecule has 0 amide bonds. The van der Waals surface area contributed by atoms with Gasteiger partial charge in [-0.2, -0.15) is 0 Å². The first-order valence-corrected chi connectivity index (χ1v) is 4.29. The molecule has 1 aliphatic heterocycles. The van der Waals surface area contributed by atoms with Gasteiger partial charge >= 0.3 is 0 Å². The van der Waals surface area contributed by atoms with E-state index in [1.807, 2.05) is 31.2 Å². The predicted molar refractivity (Wildman–Crippen MR) is 47.6 cm³/mol. The Morgan fingerprint density at radius 3 is 2.92 bits per heavy atom. The highest BCUT2D eigenvalue weighted by Crippen LogP contribution is 2.20. The van der Waals surface area contributed by atoms with Crippen LogP contribution in [0.4, 0.5) is 0 Å². The van der Waals surface area contributed by atoms with Gasteiger partial charge in [0.1, 0.15) is 18.5 Å². The fraction of sp³-hybridized carbons (Fsp3) is 0.400. The van der Waals surface area contributed by atoms with Gasteiger partial charge in [0.2, 0.25) is 0 Å². The predicted octanol–water partition coefficient (Wildman–Crippen LogP) is 1.09. The first kappa shape index (κ1) is 8.53. The maximum absolute atomic E-state index is 8.86. The SMILES string of the molecule is Cc1cccc(OCC2OC2O)c1. The van der Waals surface area contributed by atoms with Crippen LogP contribution in [0.15, 0.2) is 24.3 Å². The van der Waals surface area contributed by atoms with Gasteiger partial charge in [-0.25, -0.2) is 0 Å². The van der Waals surface area contributed by atoms with E-state index in [0.717, 1.165) is 11.3 Å². The third-order valence-corrected chi connectivity index (χ3v) is 1.96. The Hall–Kier alpha value is -1.06. The number of rotatable bonds is 3. The van der Waals surface area contributed by atoms with E-state index in [0.29, 0.717) is 6.61 Å². The van der Waals surface area contributed by atoms with Crippen molar-refractivity contribution in [2.24, 2.45) is 0 Å². The summed E-state index contributed by atoms with van der Waals surface area (Å²) in [4.78, 5) is 0. The lowest BCUT2D eigenvalue weighted by atomic mass is 10.2. The van der Waals surface area contributed by atoms with E-state index in [-0.39, 0.29) is 6.10 Å². The van der Waals surface area contributed by atoms with E-state index in [1.54, 1.807) is 0 Å². The molecule has 0 aliphatic carbocycles. The molecule has 2 atom stereocenters. The van der Waals surface area contributed by atoms with Crippen LogP contribution in [-0.4, -0.2) is 24.1 Å². The van der Waals surface area contributed by atoms with Gasteiger partial charge in [0.25, 0.3) is 0 Å². The molecular weight excluding hydrogens is 168 g/mol. The van der Waals surface area contributed by atoms with Crippen LogP contribution in [-0.2, 0) is 4.74 Å². The molecule has 0 aromatic heterocycles. The van der Waals surface area contributed by atoms with E-state index in [1.165, 1.54) is 0 Å². The van der Waals surface area contributed by atoms with Crippen molar-refractivity contribution in [3.05, 3.63) is 29.8 Å². The molecule has 70 valence electrons. The molecule has 1 heterocycles. The fourth-order valence-corrected chi connectivity index (χ4v) is 1.14. The zero-order valence-corrected chi connectivity index (χ0v) is 7.43. The van der Waals surface area contributed by atoms with Crippen LogP contribution in [0.1, 0.15) is 5.56 Å². The van der Waals surface area contributed by atoms with E-state index >= 15 is 0 Å². The molecule has 1 aromatic rings. The Morgan fingerprint density at radius 1 is 1.54 bits per heavy atom. The Bertz CT molecular complexity index is 298. The van der Waals surface area contributed by atoms with Gasteiger partial charge < -0.3 is 14.6 Å². The van der Waals surface area contributed by atoms with Crippen LogP contribution in [0.2, 0.25) is 0 Å². The van der Waals surface area contributed by atoms with Crippen molar-refractivity contribution in [1.29, 1.82) is 0 Å². The van der Waals surface area contributed by atoms with E-state index in [4.69, 9.17) is 14.6 Å². The van der Waals surface area contributed by atoms with Crippen molar-refractivity contribution < 1.29 is 14.6 Å². The Labute approximate surface area is 76.9 Å². The lowest BCUT2D eigenvalue weighted by Gasteiger charge is -2.03. The summed E-state index contributed by atoms with van der Waals surface area (Å²) in [6.45, 7) is 2.43. The quantitative estimate of drug-likeness (QED) is 0.708. The van der Waals surface area contributed by atoms with Crippen molar-refractivity contribution in [1.82, 2.24) is 0 Å². The second-order valence-corrected chi connectivity index (χ2v) is 3.19. The number of hydrogen-bond donors (Lipinski definition) is 1. The fourth-order valence-electron chi connectivity index (χ4n) is 1.14. The summed E-state index contributed by atoms with van der Waals surface area (Å²) < 4.78 is 10.2. The number of aliphatic hydroxyl groups is 1. The zero-order valence-electron chi connectivity index (χ0n) is 7.43. The minimum Gasteiger partial charge on any atom is -0.491 e. The number of epoxide rings is 1. The molecule has 3 nitrogen and oxygen atoms in total. The Balaban J connectivity index is 1.87. The van der Waals surface area contributed by atoms with Gasteiger partial charge in [-0.05, 0) is 24.6 Å². The molecule has 1 saturated heterocycles. The van der Waals surface area contributed by atoms with Gasteiger partial charge in [0, 0.05) is 0 Å². The van der Waals surface area contributed by atoms with E-state index < -0.39 is 6.29 Å². The third kappa shape index (κ3) is 2.20. The monoisotopic (exact) mass is 180 g/mol. The number of hydrogen-bond acceptors (Lipinski definition) is 3. The van der Waals surface area contributed by atoms with Gasteiger partial charge in [-0.3, -0.25) is 0 Å². The molecule has 2 rings (SSSR count). The minimum atomic E-state index is -0.621. The highest BCUT2D eigenvalue weighted by molar-refractivity contribution is 5.27. The maximum atomic E-state index is 8.86. The lowest BCUT2D eigenvalue weighted by molar-refractivity contribution is 0.155. The largest absolute Gasteiger partial charge is 0.491 e. The van der Waals surface area contributed by atoms with Crippen molar-refractivity contribution in [3.8, 4) is 5.75 Å².